The number of rotatable bonds is 5. The first-order valence-corrected chi connectivity index (χ1v) is 9.38. The van der Waals surface area contributed by atoms with E-state index < -0.39 is 0 Å². The molecule has 24 heavy (non-hydrogen) atoms. The third-order valence-electron chi connectivity index (χ3n) is 4.60. The molecule has 1 aromatic carbocycles. The van der Waals surface area contributed by atoms with E-state index in [9.17, 15) is 0 Å². The molecule has 1 N–H and O–H groups in total. The molecule has 134 valence electrons. The first-order chi connectivity index (χ1) is 11.2. The molecule has 1 atom stereocenters. The Balaban J connectivity index is 0.00000208. The topological polar surface area (TPSA) is 36.9 Å². The highest BCUT2D eigenvalue weighted by Gasteiger charge is 2.34. The predicted molar refractivity (Wildman–Crippen MR) is 113 cm³/mol. The average molecular weight is 461 g/mol. The maximum Gasteiger partial charge on any atom is 0.193 e. The molecule has 2 aliphatic rings. The number of guanidine groups is 1. The van der Waals surface area contributed by atoms with Crippen LogP contribution in [0.1, 0.15) is 13.3 Å². The van der Waals surface area contributed by atoms with Gasteiger partial charge >= 0.3 is 0 Å². The van der Waals surface area contributed by atoms with Gasteiger partial charge in [0.15, 0.2) is 5.96 Å². The van der Waals surface area contributed by atoms with Crippen molar-refractivity contribution in [3.8, 4) is 0 Å². The first-order valence-electron chi connectivity index (χ1n) is 8.40. The van der Waals surface area contributed by atoms with Crippen LogP contribution in [-0.4, -0.2) is 56.5 Å². The molecule has 6 heteroatoms. The highest BCUT2D eigenvalue weighted by atomic mass is 127. The Hall–Kier alpha value is -0.470. The summed E-state index contributed by atoms with van der Waals surface area (Å²) < 4.78 is 5.32. The Kier molecular flexibility index (Phi) is 7.68. The van der Waals surface area contributed by atoms with Gasteiger partial charge in [0.05, 0.1) is 13.2 Å². The molecular weight excluding hydrogens is 433 g/mol. The lowest BCUT2D eigenvalue weighted by Gasteiger charge is -2.39. The van der Waals surface area contributed by atoms with Gasteiger partial charge in [-0.05, 0) is 24.5 Å². The lowest BCUT2D eigenvalue weighted by atomic mass is 9.89. The van der Waals surface area contributed by atoms with E-state index in [2.05, 4.69) is 52.5 Å². The zero-order valence-corrected chi connectivity index (χ0v) is 17.7. The van der Waals surface area contributed by atoms with Gasteiger partial charge in [-0.1, -0.05) is 25.1 Å². The van der Waals surface area contributed by atoms with E-state index >= 15 is 0 Å². The standard InChI is InChI=1S/C18H27N3OS.HI/c1-18(13-22-14-18)12-20-17(19-2)21-9-8-15(10-21)11-23-16-6-4-3-5-7-16;/h3-7,15H,8-14H2,1-2H3,(H,19,20);1H. The smallest absolute Gasteiger partial charge is 0.193 e. The number of nitrogens with zero attached hydrogens (tertiary/aromatic N) is 2. The Morgan fingerprint density at radius 2 is 2.12 bits per heavy atom. The van der Waals surface area contributed by atoms with Gasteiger partial charge in [-0.25, -0.2) is 0 Å². The second-order valence-electron chi connectivity index (χ2n) is 6.93. The van der Waals surface area contributed by atoms with Gasteiger partial charge in [-0.15, -0.1) is 35.7 Å². The number of hydrogen-bond donors (Lipinski definition) is 1. The molecule has 0 bridgehead atoms. The van der Waals surface area contributed by atoms with Gasteiger partial charge in [-0.3, -0.25) is 4.99 Å². The maximum absolute atomic E-state index is 5.32. The molecule has 1 aromatic rings. The van der Waals surface area contributed by atoms with Gasteiger partial charge in [0.1, 0.15) is 0 Å². The molecule has 0 aromatic heterocycles. The summed E-state index contributed by atoms with van der Waals surface area (Å²) in [6.45, 7) is 7.12. The minimum absolute atomic E-state index is 0. The fraction of sp³-hybridized carbons (Fsp3) is 0.611. The minimum atomic E-state index is 0. The normalized spacial score (nSPS) is 22.7. The van der Waals surface area contributed by atoms with Crippen molar-refractivity contribution >= 4 is 41.7 Å². The van der Waals surface area contributed by atoms with Crippen molar-refractivity contribution < 1.29 is 4.74 Å². The molecule has 0 amide bonds. The summed E-state index contributed by atoms with van der Waals surface area (Å²) in [4.78, 5) is 8.24. The number of aliphatic imine (C=N–C) groups is 1. The SMILES string of the molecule is CN=C(NCC1(C)COC1)N1CCC(CSc2ccccc2)C1.I. The zero-order chi connectivity index (χ0) is 16.1. The van der Waals surface area contributed by atoms with E-state index in [1.807, 2.05) is 18.8 Å². The Morgan fingerprint density at radius 3 is 2.75 bits per heavy atom. The minimum Gasteiger partial charge on any atom is -0.380 e. The fourth-order valence-corrected chi connectivity index (χ4v) is 4.12. The quantitative estimate of drug-likeness (QED) is 0.316. The van der Waals surface area contributed by atoms with Crippen molar-refractivity contribution in [2.24, 2.45) is 16.3 Å². The number of hydrogen-bond acceptors (Lipinski definition) is 3. The molecule has 3 rings (SSSR count). The van der Waals surface area contributed by atoms with Gasteiger partial charge < -0.3 is 15.0 Å². The molecule has 0 aliphatic carbocycles. The number of thioether (sulfide) groups is 1. The van der Waals surface area contributed by atoms with Crippen LogP contribution >= 0.6 is 35.7 Å². The van der Waals surface area contributed by atoms with Crippen LogP contribution in [0.25, 0.3) is 0 Å². The third-order valence-corrected chi connectivity index (χ3v) is 5.84. The van der Waals surface area contributed by atoms with Crippen LogP contribution < -0.4 is 5.32 Å². The Morgan fingerprint density at radius 1 is 1.38 bits per heavy atom. The van der Waals surface area contributed by atoms with E-state index in [1.54, 1.807) is 0 Å². The molecule has 2 heterocycles. The maximum atomic E-state index is 5.32. The molecule has 2 fully saturated rings. The largest absolute Gasteiger partial charge is 0.380 e. The number of ether oxygens (including phenoxy) is 1. The van der Waals surface area contributed by atoms with Gasteiger partial charge in [0.25, 0.3) is 0 Å². The number of likely N-dealkylation sites (tertiary alicyclic amines) is 1. The molecule has 2 aliphatic heterocycles. The second-order valence-corrected chi connectivity index (χ2v) is 8.02. The van der Waals surface area contributed by atoms with Crippen molar-refractivity contribution in [1.82, 2.24) is 10.2 Å². The molecule has 2 saturated heterocycles. The first kappa shape index (κ1) is 19.8. The molecule has 1 unspecified atom stereocenters. The average Bonchev–Trinajstić information content (AvgIpc) is 3.02. The van der Waals surface area contributed by atoms with Crippen LogP contribution in [0.5, 0.6) is 0 Å². The lowest BCUT2D eigenvalue weighted by Crippen LogP contribution is -2.51. The van der Waals surface area contributed by atoms with Crippen molar-refractivity contribution in [3.05, 3.63) is 30.3 Å². The fourth-order valence-electron chi connectivity index (χ4n) is 3.07. The highest BCUT2D eigenvalue weighted by molar-refractivity contribution is 14.0. The van der Waals surface area contributed by atoms with E-state index in [0.29, 0.717) is 0 Å². The highest BCUT2D eigenvalue weighted by Crippen LogP contribution is 2.27. The third kappa shape index (κ3) is 5.26. The van der Waals surface area contributed by atoms with E-state index in [4.69, 9.17) is 4.74 Å². The van der Waals surface area contributed by atoms with Crippen LogP contribution in [0.4, 0.5) is 0 Å². The van der Waals surface area contributed by atoms with E-state index in [-0.39, 0.29) is 29.4 Å². The van der Waals surface area contributed by atoms with Crippen LogP contribution in [-0.2, 0) is 4.74 Å². The summed E-state index contributed by atoms with van der Waals surface area (Å²) in [5, 5.41) is 3.54. The summed E-state index contributed by atoms with van der Waals surface area (Å²) >= 11 is 1.97. The van der Waals surface area contributed by atoms with Gasteiger partial charge in [0, 0.05) is 42.7 Å². The van der Waals surface area contributed by atoms with Crippen molar-refractivity contribution in [3.63, 3.8) is 0 Å². The Labute approximate surface area is 166 Å². The van der Waals surface area contributed by atoms with Gasteiger partial charge in [-0.2, -0.15) is 0 Å². The van der Waals surface area contributed by atoms with E-state index in [0.717, 1.165) is 44.7 Å². The lowest BCUT2D eigenvalue weighted by molar-refractivity contribution is -0.0972. The van der Waals surface area contributed by atoms with Crippen molar-refractivity contribution in [2.45, 2.75) is 18.2 Å². The summed E-state index contributed by atoms with van der Waals surface area (Å²) in [7, 11) is 1.88. The summed E-state index contributed by atoms with van der Waals surface area (Å²) in [5.41, 5.74) is 0.276. The van der Waals surface area contributed by atoms with E-state index in [1.165, 1.54) is 17.1 Å². The zero-order valence-electron chi connectivity index (χ0n) is 14.5. The Bertz CT molecular complexity index is 536. The number of benzene rings is 1. The molecule has 0 radical (unpaired) electrons. The predicted octanol–water partition coefficient (Wildman–Crippen LogP) is 3.33. The van der Waals surface area contributed by atoms with Crippen molar-refractivity contribution in [2.75, 3.05) is 45.6 Å². The molecular formula is C18H28IN3OS. The van der Waals surface area contributed by atoms with Gasteiger partial charge in [0.2, 0.25) is 0 Å². The summed E-state index contributed by atoms with van der Waals surface area (Å²) in [6.07, 6.45) is 1.25. The van der Waals surface area contributed by atoms with Crippen molar-refractivity contribution in [1.29, 1.82) is 0 Å². The summed E-state index contributed by atoms with van der Waals surface area (Å²) in [5.74, 6) is 2.97. The molecule has 4 nitrogen and oxygen atoms in total. The van der Waals surface area contributed by atoms with Crippen LogP contribution in [0.3, 0.4) is 0 Å². The second kappa shape index (κ2) is 9.29. The number of nitrogens with one attached hydrogen (secondary N) is 1. The van der Waals surface area contributed by atoms with Crippen LogP contribution in [0, 0.1) is 11.3 Å². The van der Waals surface area contributed by atoms with Crippen LogP contribution in [0.2, 0.25) is 0 Å². The summed E-state index contributed by atoms with van der Waals surface area (Å²) in [6, 6.07) is 10.7. The molecule has 0 saturated carbocycles. The van der Waals surface area contributed by atoms with Crippen LogP contribution in [0.15, 0.2) is 40.2 Å². The number of halogens is 1. The monoisotopic (exact) mass is 461 g/mol. The molecule has 0 spiro atoms.